The molecule has 6 aromatic rings. The van der Waals surface area contributed by atoms with Crippen LogP contribution in [0.25, 0.3) is 0 Å². The molecule has 0 saturated heterocycles. The van der Waals surface area contributed by atoms with E-state index in [-0.39, 0.29) is 24.0 Å². The third kappa shape index (κ3) is 7.93. The Balaban J connectivity index is 0.000000330. The van der Waals surface area contributed by atoms with E-state index >= 15 is 35.1 Å². The maximum atomic E-state index is 15.4. The van der Waals surface area contributed by atoms with Crippen LogP contribution in [0.2, 0.25) is 0 Å². The number of nitrogens with zero attached hydrogens (tertiary/aromatic N) is 2. The van der Waals surface area contributed by atoms with Gasteiger partial charge in [0.2, 0.25) is 18.1 Å². The van der Waals surface area contributed by atoms with Gasteiger partial charge in [-0.25, -0.2) is 87.8 Å². The Morgan fingerprint density at radius 3 is 1.02 bits per heavy atom. The standard InChI is InChI=1S/C24BF20.C16H17N2O2/c26-5-1(6(27)14(35)21(42)13(5)34)25(2-7(28)15(36)22(43)16(37)8(2)29,3-9(30)17(38)23(44)18(39)10(3)31)4-11(32)19(40)24(45)20(41)12(4)33;1-12(2)16(20)14-10-17-8-9-18(14)11-15(19)13-6-4-3-5-7-13/h;3-10,12H,11H2,1-2H3/q-1;+1. The first-order valence-corrected chi connectivity index (χ1v) is 17.5. The van der Waals surface area contributed by atoms with Gasteiger partial charge in [-0.05, 0) is 0 Å². The summed E-state index contributed by atoms with van der Waals surface area (Å²) in [6.07, 6.45) is -2.46. The van der Waals surface area contributed by atoms with Gasteiger partial charge in [-0.2, -0.15) is 4.57 Å². The van der Waals surface area contributed by atoms with Crippen molar-refractivity contribution in [3.8, 4) is 0 Å². The lowest BCUT2D eigenvalue weighted by molar-refractivity contribution is -0.685. The Morgan fingerprint density at radius 1 is 0.462 bits per heavy atom. The Hall–Kier alpha value is -6.82. The largest absolute Gasteiger partial charge is 0.287 e. The van der Waals surface area contributed by atoms with Crippen LogP contribution < -0.4 is 26.4 Å². The first-order chi connectivity index (χ1) is 30.3. The third-order valence-electron chi connectivity index (χ3n) is 9.73. The number of rotatable bonds is 9. The third-order valence-corrected chi connectivity index (χ3v) is 9.73. The van der Waals surface area contributed by atoms with Crippen molar-refractivity contribution in [2.45, 2.75) is 20.4 Å². The molecule has 0 bridgehead atoms. The predicted molar refractivity (Wildman–Crippen MR) is 184 cm³/mol. The normalized spacial score (nSPS) is 11.6. The van der Waals surface area contributed by atoms with E-state index in [2.05, 4.69) is 4.98 Å². The molecule has 65 heavy (non-hydrogen) atoms. The predicted octanol–water partition coefficient (Wildman–Crippen LogP) is 7.94. The Labute approximate surface area is 349 Å². The first-order valence-electron chi connectivity index (χ1n) is 17.5. The van der Waals surface area contributed by atoms with Crippen LogP contribution in [0.15, 0.2) is 48.9 Å². The molecule has 1 aromatic heterocycles. The van der Waals surface area contributed by atoms with Crippen molar-refractivity contribution in [2.75, 3.05) is 0 Å². The SMILES string of the molecule is CC(C)C(=O)c1cncc[n+]1CC(=O)c1ccccc1.Fc1c(F)c(F)c([B-](c2c(F)c(F)c(F)c(F)c2F)(c2c(F)c(F)c(F)c(F)c2F)c2c(F)c(F)c(F)c(F)c2F)c(F)c1F. The average molecular weight is 948 g/mol. The Bertz CT molecular complexity index is 2550. The first kappa shape index (κ1) is 49.2. The second-order valence-electron chi connectivity index (χ2n) is 13.7. The summed E-state index contributed by atoms with van der Waals surface area (Å²) in [6.45, 7) is 3.80. The van der Waals surface area contributed by atoms with Crippen molar-refractivity contribution in [1.29, 1.82) is 0 Å². The van der Waals surface area contributed by atoms with Crippen LogP contribution in [0.1, 0.15) is 34.7 Å². The minimum atomic E-state index is -7.22. The number of halogens is 20. The molecule has 0 N–H and O–H groups in total. The average Bonchev–Trinajstić information content (AvgIpc) is 3.29. The van der Waals surface area contributed by atoms with Gasteiger partial charge in [-0.15, -0.1) is 21.9 Å². The molecule has 1 heterocycles. The highest BCUT2D eigenvalue weighted by Gasteiger charge is 2.52. The molecule has 0 aliphatic heterocycles. The number of aromatic nitrogens is 2. The maximum absolute atomic E-state index is 15.4. The van der Waals surface area contributed by atoms with E-state index in [0.717, 1.165) is 0 Å². The highest BCUT2D eigenvalue weighted by molar-refractivity contribution is 7.20. The van der Waals surface area contributed by atoms with Crippen molar-refractivity contribution in [1.82, 2.24) is 4.98 Å². The monoisotopic (exact) mass is 948 g/mol. The Kier molecular flexibility index (Phi) is 13.9. The quantitative estimate of drug-likeness (QED) is 0.0370. The zero-order valence-electron chi connectivity index (χ0n) is 31.8. The fraction of sp³-hybridized carbons (Fsp3) is 0.100. The summed E-state index contributed by atoms with van der Waals surface area (Å²) in [5.74, 6) is -71.6. The molecular weight excluding hydrogens is 931 g/mol. The van der Waals surface area contributed by atoms with Crippen molar-refractivity contribution in [3.05, 3.63) is 177 Å². The van der Waals surface area contributed by atoms with Crippen LogP contribution in [0.4, 0.5) is 87.8 Å². The summed E-state index contributed by atoms with van der Waals surface area (Å²) in [7, 11) is 0. The lowest BCUT2D eigenvalue weighted by Crippen LogP contribution is -2.81. The zero-order valence-corrected chi connectivity index (χ0v) is 31.8. The van der Waals surface area contributed by atoms with E-state index in [1.54, 1.807) is 29.1 Å². The second kappa shape index (κ2) is 18.3. The summed E-state index contributed by atoms with van der Waals surface area (Å²) < 4.78 is 296. The van der Waals surface area contributed by atoms with Crippen molar-refractivity contribution in [2.24, 2.45) is 5.92 Å². The number of hydrogen-bond acceptors (Lipinski definition) is 3. The molecule has 0 aliphatic carbocycles. The highest BCUT2D eigenvalue weighted by atomic mass is 19.2. The summed E-state index contributed by atoms with van der Waals surface area (Å²) in [6, 6.07) is 9.06. The van der Waals surface area contributed by atoms with Gasteiger partial charge in [-0.3, -0.25) is 14.6 Å². The molecule has 0 unspecified atom stereocenters. The van der Waals surface area contributed by atoms with Gasteiger partial charge in [0, 0.05) is 11.5 Å². The zero-order chi connectivity index (χ0) is 48.9. The van der Waals surface area contributed by atoms with Gasteiger partial charge in [0.05, 0.1) is 6.20 Å². The molecule has 5 aromatic carbocycles. The highest BCUT2D eigenvalue weighted by Crippen LogP contribution is 2.30. The molecule has 0 radical (unpaired) electrons. The number of hydrogen-bond donors (Lipinski definition) is 0. The lowest BCUT2D eigenvalue weighted by Gasteiger charge is -2.44. The molecule has 342 valence electrons. The molecule has 4 nitrogen and oxygen atoms in total. The van der Waals surface area contributed by atoms with Crippen LogP contribution in [0.3, 0.4) is 0 Å². The van der Waals surface area contributed by atoms with Crippen LogP contribution in [-0.4, -0.2) is 22.7 Å². The molecule has 0 atom stereocenters. The summed E-state index contributed by atoms with van der Waals surface area (Å²) in [5, 5.41) is 0. The van der Waals surface area contributed by atoms with Gasteiger partial charge in [0.1, 0.15) is 58.9 Å². The van der Waals surface area contributed by atoms with E-state index in [1.807, 2.05) is 32.0 Å². The van der Waals surface area contributed by atoms with Crippen molar-refractivity contribution in [3.63, 3.8) is 0 Å². The van der Waals surface area contributed by atoms with Crippen molar-refractivity contribution >= 4 is 39.6 Å². The van der Waals surface area contributed by atoms with Gasteiger partial charge < -0.3 is 0 Å². The van der Waals surface area contributed by atoms with E-state index in [0.29, 0.717) is 11.3 Å². The molecule has 0 aliphatic rings. The number of benzene rings is 5. The molecule has 6 rings (SSSR count). The summed E-state index contributed by atoms with van der Waals surface area (Å²) in [5.41, 5.74) is -13.2. The minimum Gasteiger partial charge on any atom is -0.287 e. The molecule has 0 spiro atoms. The van der Waals surface area contributed by atoms with Crippen LogP contribution >= 0.6 is 0 Å². The topological polar surface area (TPSA) is 50.9 Å². The number of carbonyl (C=O) groups is 2. The smallest absolute Gasteiger partial charge is 0.267 e. The van der Waals surface area contributed by atoms with E-state index in [1.165, 1.54) is 6.20 Å². The maximum Gasteiger partial charge on any atom is 0.267 e. The summed E-state index contributed by atoms with van der Waals surface area (Å²) in [4.78, 5) is 28.3. The van der Waals surface area contributed by atoms with Gasteiger partial charge in [0.15, 0.2) is 76.0 Å². The van der Waals surface area contributed by atoms with Crippen LogP contribution in [0, 0.1) is 122 Å². The molecule has 0 saturated carbocycles. The summed E-state index contributed by atoms with van der Waals surface area (Å²) >= 11 is 0. The number of ketones is 2. The number of carbonyl (C=O) groups excluding carboxylic acids is 2. The van der Waals surface area contributed by atoms with E-state index < -0.39 is 144 Å². The Morgan fingerprint density at radius 2 is 0.738 bits per heavy atom. The van der Waals surface area contributed by atoms with Gasteiger partial charge in [0.25, 0.3) is 5.69 Å². The molecular formula is C40H17BF20N2O2. The van der Waals surface area contributed by atoms with E-state index in [9.17, 15) is 62.3 Å². The fourth-order valence-electron chi connectivity index (χ4n) is 6.77. The van der Waals surface area contributed by atoms with Gasteiger partial charge >= 0.3 is 0 Å². The van der Waals surface area contributed by atoms with Crippen LogP contribution in [0.5, 0.6) is 0 Å². The van der Waals surface area contributed by atoms with Crippen LogP contribution in [-0.2, 0) is 6.54 Å². The fourth-order valence-corrected chi connectivity index (χ4v) is 6.77. The van der Waals surface area contributed by atoms with E-state index in [4.69, 9.17) is 0 Å². The lowest BCUT2D eigenvalue weighted by atomic mass is 9.12. The van der Waals surface area contributed by atoms with Gasteiger partial charge in [-0.1, -0.05) is 44.2 Å². The van der Waals surface area contributed by atoms with Crippen molar-refractivity contribution < 1.29 is 102 Å². The number of Topliss-reactive ketones (excluding diaryl/α,β-unsaturated/α-hetero) is 2. The molecule has 0 amide bonds. The molecule has 25 heteroatoms. The second-order valence-corrected chi connectivity index (χ2v) is 13.7. The minimum absolute atomic E-state index is 0.0149. The molecule has 0 fully saturated rings.